The molecule has 1 aromatic rings. The Kier molecular flexibility index (Phi) is 5.82. The molecule has 0 bridgehead atoms. The van der Waals surface area contributed by atoms with Crippen molar-refractivity contribution in [2.24, 2.45) is 0 Å². The second-order valence-electron chi connectivity index (χ2n) is 6.93. The van der Waals surface area contributed by atoms with E-state index in [1.165, 1.54) is 18.2 Å². The van der Waals surface area contributed by atoms with Gasteiger partial charge in [0.2, 0.25) is 0 Å². The minimum Gasteiger partial charge on any atom is -0.444 e. The maximum absolute atomic E-state index is 12.4. The molecule has 2 rings (SSSR count). The summed E-state index contributed by atoms with van der Waals surface area (Å²) in [5, 5.41) is 3.19. The van der Waals surface area contributed by atoms with Crippen LogP contribution < -0.4 is 10.1 Å². The minimum absolute atomic E-state index is 0.204. The highest BCUT2D eigenvalue weighted by Crippen LogP contribution is 2.24. The number of rotatable bonds is 3. The zero-order chi connectivity index (χ0) is 18.7. The molecule has 1 aliphatic heterocycles. The fraction of sp³-hybridized carbons (Fsp3) is 0.588. The molecule has 1 saturated heterocycles. The van der Waals surface area contributed by atoms with Gasteiger partial charge < -0.3 is 19.7 Å². The van der Waals surface area contributed by atoms with Gasteiger partial charge in [-0.3, -0.25) is 0 Å². The Morgan fingerprint density at radius 1 is 1.32 bits per heavy atom. The molecule has 0 aliphatic carbocycles. The highest BCUT2D eigenvalue weighted by atomic mass is 19.4. The molecule has 0 aromatic heterocycles. The molecular weight excluding hydrogens is 337 g/mol. The van der Waals surface area contributed by atoms with Gasteiger partial charge in [0.15, 0.2) is 0 Å². The smallest absolute Gasteiger partial charge is 0.444 e. The lowest BCUT2D eigenvalue weighted by Gasteiger charge is -2.37. The van der Waals surface area contributed by atoms with Crippen molar-refractivity contribution in [3.63, 3.8) is 0 Å². The Labute approximate surface area is 145 Å². The maximum Gasteiger partial charge on any atom is 0.573 e. The average Bonchev–Trinajstić information content (AvgIpc) is 2.44. The summed E-state index contributed by atoms with van der Waals surface area (Å²) >= 11 is 0. The second kappa shape index (κ2) is 7.51. The van der Waals surface area contributed by atoms with Crippen molar-refractivity contribution in [1.82, 2.24) is 10.2 Å². The standard InChI is InChI=1S/C17H23F3N2O3/c1-16(2,3)25-15(23)22-8-7-21-11-13(22)9-12-5-4-6-14(10-12)24-17(18,19)20/h4-6,10,13,21H,7-9,11H2,1-3H3/t13-/m1/s1. The molecule has 1 atom stereocenters. The first-order valence-corrected chi connectivity index (χ1v) is 8.08. The van der Waals surface area contributed by atoms with Crippen LogP contribution in [0.1, 0.15) is 26.3 Å². The molecule has 0 radical (unpaired) electrons. The van der Waals surface area contributed by atoms with Gasteiger partial charge in [-0.2, -0.15) is 0 Å². The van der Waals surface area contributed by atoms with E-state index in [0.717, 1.165) is 0 Å². The molecule has 8 heteroatoms. The lowest BCUT2D eigenvalue weighted by atomic mass is 10.0. The van der Waals surface area contributed by atoms with Crippen LogP contribution in [0.4, 0.5) is 18.0 Å². The quantitative estimate of drug-likeness (QED) is 0.898. The maximum atomic E-state index is 12.4. The number of carbonyl (C=O) groups is 1. The van der Waals surface area contributed by atoms with Crippen molar-refractivity contribution < 1.29 is 27.4 Å². The summed E-state index contributed by atoms with van der Waals surface area (Å²) in [6, 6.07) is 5.61. The number of hydrogen-bond donors (Lipinski definition) is 1. The van der Waals surface area contributed by atoms with Gasteiger partial charge in [-0.1, -0.05) is 12.1 Å². The zero-order valence-electron chi connectivity index (χ0n) is 14.5. The topological polar surface area (TPSA) is 50.8 Å². The molecule has 0 saturated carbocycles. The Morgan fingerprint density at radius 2 is 2.04 bits per heavy atom. The number of ether oxygens (including phenoxy) is 2. The predicted molar refractivity (Wildman–Crippen MR) is 86.4 cm³/mol. The number of amides is 1. The molecule has 0 spiro atoms. The third-order valence-corrected chi connectivity index (χ3v) is 3.58. The van der Waals surface area contributed by atoms with E-state index in [9.17, 15) is 18.0 Å². The largest absolute Gasteiger partial charge is 0.573 e. The number of alkyl halides is 3. The summed E-state index contributed by atoms with van der Waals surface area (Å²) in [6.45, 7) is 7.05. The normalized spacial score (nSPS) is 18.8. The van der Waals surface area contributed by atoms with Crippen molar-refractivity contribution in [3.05, 3.63) is 29.8 Å². The third-order valence-electron chi connectivity index (χ3n) is 3.58. The van der Waals surface area contributed by atoms with E-state index in [2.05, 4.69) is 10.1 Å². The summed E-state index contributed by atoms with van der Waals surface area (Å²) in [5.74, 6) is -0.266. The minimum atomic E-state index is -4.73. The molecule has 140 valence electrons. The van der Waals surface area contributed by atoms with Crippen molar-refractivity contribution >= 4 is 6.09 Å². The van der Waals surface area contributed by atoms with Crippen LogP contribution in [0.15, 0.2) is 24.3 Å². The Bertz CT molecular complexity index is 600. The summed E-state index contributed by atoms with van der Waals surface area (Å²) < 4.78 is 46.4. The summed E-state index contributed by atoms with van der Waals surface area (Å²) in [7, 11) is 0. The molecule has 1 heterocycles. The SMILES string of the molecule is CC(C)(C)OC(=O)N1CCNC[C@H]1Cc1cccc(OC(F)(F)F)c1. The molecule has 25 heavy (non-hydrogen) atoms. The van der Waals surface area contributed by atoms with Crippen molar-refractivity contribution in [2.75, 3.05) is 19.6 Å². The molecule has 5 nitrogen and oxygen atoms in total. The summed E-state index contributed by atoms with van der Waals surface area (Å²) in [4.78, 5) is 14.0. The predicted octanol–water partition coefficient (Wildman–Crippen LogP) is 3.34. The van der Waals surface area contributed by atoms with Crippen LogP contribution >= 0.6 is 0 Å². The van der Waals surface area contributed by atoms with Gasteiger partial charge in [0.05, 0.1) is 6.04 Å². The molecule has 0 unspecified atom stereocenters. The van der Waals surface area contributed by atoms with E-state index < -0.39 is 18.1 Å². The number of carbonyl (C=O) groups excluding carboxylic acids is 1. The van der Waals surface area contributed by atoms with E-state index in [0.29, 0.717) is 31.6 Å². The number of benzene rings is 1. The first-order valence-electron chi connectivity index (χ1n) is 8.08. The highest BCUT2D eigenvalue weighted by molar-refractivity contribution is 5.68. The van der Waals surface area contributed by atoms with Gasteiger partial charge in [-0.15, -0.1) is 13.2 Å². The van der Waals surface area contributed by atoms with Gasteiger partial charge in [0.1, 0.15) is 11.4 Å². The van der Waals surface area contributed by atoms with Gasteiger partial charge in [0, 0.05) is 19.6 Å². The third kappa shape index (κ3) is 6.45. The number of nitrogens with zero attached hydrogens (tertiary/aromatic N) is 1. The molecular formula is C17H23F3N2O3. The number of nitrogens with one attached hydrogen (secondary N) is 1. The van der Waals surface area contributed by atoms with Gasteiger partial charge in [0.25, 0.3) is 0 Å². The molecule has 1 aliphatic rings. The van der Waals surface area contributed by atoms with Crippen LogP contribution in [0.5, 0.6) is 5.75 Å². The molecule has 1 aromatic carbocycles. The van der Waals surface area contributed by atoms with Gasteiger partial charge in [-0.05, 0) is 44.9 Å². The number of halogens is 3. The van der Waals surface area contributed by atoms with E-state index >= 15 is 0 Å². The van der Waals surface area contributed by atoms with Crippen LogP contribution in [0.25, 0.3) is 0 Å². The Morgan fingerprint density at radius 3 is 2.68 bits per heavy atom. The van der Waals surface area contributed by atoms with Gasteiger partial charge >= 0.3 is 12.5 Å². The van der Waals surface area contributed by atoms with Crippen LogP contribution in [0.2, 0.25) is 0 Å². The van der Waals surface area contributed by atoms with E-state index in [-0.39, 0.29) is 11.8 Å². The van der Waals surface area contributed by atoms with Crippen molar-refractivity contribution in [3.8, 4) is 5.75 Å². The highest BCUT2D eigenvalue weighted by Gasteiger charge is 2.32. The first-order chi connectivity index (χ1) is 11.5. The molecule has 1 amide bonds. The lowest BCUT2D eigenvalue weighted by Crippen LogP contribution is -2.55. The van der Waals surface area contributed by atoms with Crippen LogP contribution in [-0.4, -0.2) is 48.6 Å². The van der Waals surface area contributed by atoms with Crippen molar-refractivity contribution in [2.45, 2.75) is 45.2 Å². The molecule has 1 N–H and O–H groups in total. The van der Waals surface area contributed by atoms with E-state index in [4.69, 9.17) is 4.74 Å². The van der Waals surface area contributed by atoms with E-state index in [1.807, 2.05) is 0 Å². The van der Waals surface area contributed by atoms with E-state index in [1.54, 1.807) is 31.7 Å². The monoisotopic (exact) mass is 360 g/mol. The number of hydrogen-bond acceptors (Lipinski definition) is 4. The van der Waals surface area contributed by atoms with Crippen LogP contribution in [0, 0.1) is 0 Å². The fourth-order valence-corrected chi connectivity index (χ4v) is 2.65. The first kappa shape index (κ1) is 19.4. The Balaban J connectivity index is 2.08. The summed E-state index contributed by atoms with van der Waals surface area (Å²) in [6.07, 6.45) is -4.74. The Hall–Kier alpha value is -1.96. The number of piperazine rings is 1. The lowest BCUT2D eigenvalue weighted by molar-refractivity contribution is -0.274. The second-order valence-corrected chi connectivity index (χ2v) is 6.93. The van der Waals surface area contributed by atoms with Crippen LogP contribution in [-0.2, 0) is 11.2 Å². The fourth-order valence-electron chi connectivity index (χ4n) is 2.65. The van der Waals surface area contributed by atoms with Crippen molar-refractivity contribution in [1.29, 1.82) is 0 Å². The average molecular weight is 360 g/mol. The molecule has 1 fully saturated rings. The summed E-state index contributed by atoms with van der Waals surface area (Å²) in [5.41, 5.74) is 0.0523. The van der Waals surface area contributed by atoms with Crippen LogP contribution in [0.3, 0.4) is 0 Å². The zero-order valence-corrected chi connectivity index (χ0v) is 14.5. The van der Waals surface area contributed by atoms with Gasteiger partial charge in [-0.25, -0.2) is 4.79 Å².